The third kappa shape index (κ3) is 5.61. The van der Waals surface area contributed by atoms with Gasteiger partial charge in [0.1, 0.15) is 6.04 Å². The Kier molecular flexibility index (Phi) is 6.45. The number of nitrogens with one attached hydrogen (secondary N) is 1. The Bertz CT molecular complexity index is 399. The fourth-order valence-electron chi connectivity index (χ4n) is 2.52. The van der Waals surface area contributed by atoms with Crippen LogP contribution in [0.1, 0.15) is 46.0 Å². The van der Waals surface area contributed by atoms with E-state index in [-0.39, 0.29) is 31.3 Å². The molecule has 0 aromatic heterocycles. The maximum absolute atomic E-state index is 12.2. The van der Waals surface area contributed by atoms with Gasteiger partial charge in [0.2, 0.25) is 0 Å². The normalized spacial score (nSPS) is 23.4. The Morgan fingerprint density at radius 2 is 1.90 bits per heavy atom. The number of piperidine rings is 1. The van der Waals surface area contributed by atoms with Crippen molar-refractivity contribution in [3.05, 3.63) is 0 Å². The topological polar surface area (TPSA) is 107 Å². The number of nitrogens with zero attached hydrogens (tertiary/aromatic N) is 1. The number of likely N-dealkylation sites (tertiary alicyclic amines) is 1. The first-order chi connectivity index (χ1) is 9.81. The van der Waals surface area contributed by atoms with E-state index in [1.54, 1.807) is 4.90 Å². The van der Waals surface area contributed by atoms with E-state index in [9.17, 15) is 14.4 Å². The third-order valence-electron chi connectivity index (χ3n) is 3.86. The minimum atomic E-state index is -1.13. The number of rotatable bonds is 6. The van der Waals surface area contributed by atoms with Crippen molar-refractivity contribution < 1.29 is 24.6 Å². The average Bonchev–Trinajstić information content (AvgIpc) is 2.39. The number of carbonyl (C=O) groups is 3. The minimum Gasteiger partial charge on any atom is -0.481 e. The zero-order chi connectivity index (χ0) is 16.0. The summed E-state index contributed by atoms with van der Waals surface area (Å²) in [4.78, 5) is 35.5. The van der Waals surface area contributed by atoms with E-state index in [1.165, 1.54) is 0 Å². The molecule has 0 aromatic carbocycles. The van der Waals surface area contributed by atoms with Gasteiger partial charge in [-0.2, -0.15) is 0 Å². The largest absolute Gasteiger partial charge is 0.481 e. The van der Waals surface area contributed by atoms with Crippen LogP contribution >= 0.6 is 0 Å². The monoisotopic (exact) mass is 300 g/mol. The number of aliphatic carboxylic acids is 2. The van der Waals surface area contributed by atoms with Crippen LogP contribution in [-0.4, -0.2) is 51.7 Å². The van der Waals surface area contributed by atoms with E-state index in [1.807, 2.05) is 6.92 Å². The van der Waals surface area contributed by atoms with Gasteiger partial charge in [-0.1, -0.05) is 6.92 Å². The molecular formula is C14H24N2O5. The number of amides is 2. The molecule has 0 bridgehead atoms. The summed E-state index contributed by atoms with van der Waals surface area (Å²) in [6.45, 7) is 4.63. The van der Waals surface area contributed by atoms with Crippen molar-refractivity contribution >= 4 is 18.0 Å². The summed E-state index contributed by atoms with van der Waals surface area (Å²) in [7, 11) is 0. The molecular weight excluding hydrogens is 276 g/mol. The first kappa shape index (κ1) is 17.3. The smallest absolute Gasteiger partial charge is 0.326 e. The van der Waals surface area contributed by atoms with E-state index in [0.717, 1.165) is 12.8 Å². The summed E-state index contributed by atoms with van der Waals surface area (Å²) in [5, 5.41) is 20.2. The number of carboxylic acid groups (broad SMARTS) is 2. The highest BCUT2D eigenvalue weighted by molar-refractivity contribution is 5.82. The second kappa shape index (κ2) is 7.85. The van der Waals surface area contributed by atoms with Crippen LogP contribution in [0.4, 0.5) is 4.79 Å². The number of urea groups is 1. The molecule has 0 radical (unpaired) electrons. The van der Waals surface area contributed by atoms with Crippen LogP contribution in [-0.2, 0) is 9.59 Å². The lowest BCUT2D eigenvalue weighted by atomic mass is 9.95. The zero-order valence-corrected chi connectivity index (χ0v) is 12.5. The highest BCUT2D eigenvalue weighted by Crippen LogP contribution is 2.21. The predicted octanol–water partition coefficient (Wildman–Crippen LogP) is 1.52. The van der Waals surface area contributed by atoms with Gasteiger partial charge in [-0.05, 0) is 38.5 Å². The zero-order valence-electron chi connectivity index (χ0n) is 12.5. The molecule has 1 rings (SSSR count). The molecule has 1 fully saturated rings. The van der Waals surface area contributed by atoms with Gasteiger partial charge in [0, 0.05) is 19.0 Å². The summed E-state index contributed by atoms with van der Waals surface area (Å²) >= 11 is 0. The van der Waals surface area contributed by atoms with Crippen LogP contribution in [0.15, 0.2) is 0 Å². The molecule has 0 aliphatic carbocycles. The summed E-state index contributed by atoms with van der Waals surface area (Å²) in [5.74, 6) is -1.70. The Hall–Kier alpha value is -1.79. The van der Waals surface area contributed by atoms with E-state index in [2.05, 4.69) is 12.2 Å². The second-order valence-corrected chi connectivity index (χ2v) is 5.81. The summed E-state index contributed by atoms with van der Waals surface area (Å²) in [6.07, 6.45) is 2.21. The lowest BCUT2D eigenvalue weighted by Gasteiger charge is -2.37. The van der Waals surface area contributed by atoms with Crippen LogP contribution in [0.2, 0.25) is 0 Å². The van der Waals surface area contributed by atoms with Crippen molar-refractivity contribution in [3.8, 4) is 0 Å². The standard InChI is InChI=1S/C14H24N2O5/c1-9-6-7-10(2)16(8-9)14(21)15-11(13(19)20)4-3-5-12(17)18/h9-11H,3-8H2,1-2H3,(H,15,21)(H,17,18)(H,19,20)/t9?,10?,11-/m1/s1. The molecule has 0 saturated carbocycles. The van der Waals surface area contributed by atoms with Gasteiger partial charge >= 0.3 is 18.0 Å². The Morgan fingerprint density at radius 1 is 1.24 bits per heavy atom. The van der Waals surface area contributed by atoms with Crippen molar-refractivity contribution in [1.82, 2.24) is 10.2 Å². The molecule has 3 atom stereocenters. The van der Waals surface area contributed by atoms with Crippen LogP contribution in [0.25, 0.3) is 0 Å². The van der Waals surface area contributed by atoms with Gasteiger partial charge in [0.25, 0.3) is 0 Å². The molecule has 2 unspecified atom stereocenters. The van der Waals surface area contributed by atoms with E-state index >= 15 is 0 Å². The molecule has 0 aromatic rings. The fourth-order valence-corrected chi connectivity index (χ4v) is 2.52. The van der Waals surface area contributed by atoms with E-state index < -0.39 is 18.0 Å². The van der Waals surface area contributed by atoms with Crippen molar-refractivity contribution in [1.29, 1.82) is 0 Å². The molecule has 1 aliphatic heterocycles. The average molecular weight is 300 g/mol. The van der Waals surface area contributed by atoms with Crippen molar-refractivity contribution in [2.45, 2.75) is 58.0 Å². The SMILES string of the molecule is CC1CCC(C)N(C(=O)N[C@H](CCCC(=O)O)C(=O)O)C1. The lowest BCUT2D eigenvalue weighted by Crippen LogP contribution is -2.53. The van der Waals surface area contributed by atoms with Crippen molar-refractivity contribution in [2.75, 3.05) is 6.54 Å². The number of hydrogen-bond acceptors (Lipinski definition) is 3. The molecule has 21 heavy (non-hydrogen) atoms. The Morgan fingerprint density at radius 3 is 2.48 bits per heavy atom. The Balaban J connectivity index is 2.55. The third-order valence-corrected chi connectivity index (χ3v) is 3.86. The summed E-state index contributed by atoms with van der Waals surface area (Å²) in [6, 6.07) is -1.33. The summed E-state index contributed by atoms with van der Waals surface area (Å²) in [5.41, 5.74) is 0. The van der Waals surface area contributed by atoms with Crippen LogP contribution in [0.5, 0.6) is 0 Å². The van der Waals surface area contributed by atoms with Crippen molar-refractivity contribution in [3.63, 3.8) is 0 Å². The maximum atomic E-state index is 12.2. The van der Waals surface area contributed by atoms with Crippen molar-refractivity contribution in [2.24, 2.45) is 5.92 Å². The van der Waals surface area contributed by atoms with Crippen LogP contribution in [0, 0.1) is 5.92 Å². The predicted molar refractivity (Wildman–Crippen MR) is 76.0 cm³/mol. The van der Waals surface area contributed by atoms with Gasteiger partial charge in [0.15, 0.2) is 0 Å². The molecule has 120 valence electrons. The molecule has 7 nitrogen and oxygen atoms in total. The molecule has 1 aliphatic rings. The first-order valence-corrected chi connectivity index (χ1v) is 7.33. The molecule has 1 saturated heterocycles. The van der Waals surface area contributed by atoms with Gasteiger partial charge in [0.05, 0.1) is 0 Å². The van der Waals surface area contributed by atoms with Gasteiger partial charge in [-0.15, -0.1) is 0 Å². The number of carbonyl (C=O) groups excluding carboxylic acids is 1. The second-order valence-electron chi connectivity index (χ2n) is 5.81. The highest BCUT2D eigenvalue weighted by atomic mass is 16.4. The molecule has 3 N–H and O–H groups in total. The molecule has 7 heteroatoms. The number of hydrogen-bond donors (Lipinski definition) is 3. The lowest BCUT2D eigenvalue weighted by molar-refractivity contribution is -0.140. The fraction of sp³-hybridized carbons (Fsp3) is 0.786. The molecule has 1 heterocycles. The highest BCUT2D eigenvalue weighted by Gasteiger charge is 2.29. The number of carboxylic acids is 2. The van der Waals surface area contributed by atoms with E-state index in [4.69, 9.17) is 10.2 Å². The van der Waals surface area contributed by atoms with Crippen LogP contribution in [0.3, 0.4) is 0 Å². The maximum Gasteiger partial charge on any atom is 0.326 e. The van der Waals surface area contributed by atoms with Crippen LogP contribution < -0.4 is 5.32 Å². The molecule has 2 amide bonds. The quantitative estimate of drug-likeness (QED) is 0.689. The van der Waals surface area contributed by atoms with Gasteiger partial charge in [-0.25, -0.2) is 9.59 Å². The van der Waals surface area contributed by atoms with E-state index in [0.29, 0.717) is 12.5 Å². The van der Waals surface area contributed by atoms with Gasteiger partial charge < -0.3 is 20.4 Å². The molecule has 0 spiro atoms. The summed E-state index contributed by atoms with van der Waals surface area (Å²) < 4.78 is 0. The van der Waals surface area contributed by atoms with Gasteiger partial charge in [-0.3, -0.25) is 4.79 Å². The first-order valence-electron chi connectivity index (χ1n) is 7.33. The minimum absolute atomic E-state index is 0.0923. The Labute approximate surface area is 124 Å².